The van der Waals surface area contributed by atoms with Crippen molar-refractivity contribution in [1.29, 1.82) is 5.41 Å². The first kappa shape index (κ1) is 23.1. The largest absolute Gasteiger partial charge is 0.450 e. The number of hydrogen-bond donors (Lipinski definition) is 3. The SMILES string of the molecule is C=NC(=N)C(F)(F)F.CCN(CC)C1CCc2ccc(NCN)cc2CC1. The molecule has 1 atom stereocenters. The standard InChI is InChI=1S/C16H27N3.C3H3F3N2/c1-3-19(4-2)16-9-6-13-5-8-15(18-12-17)11-14(13)7-10-16;1-8-2(7)3(4,5)6/h5,8,11,16,18H,3-4,6-7,9-10,12,17H2,1-2H3;7H,1H2. The third-order valence-corrected chi connectivity index (χ3v) is 4.76. The minimum atomic E-state index is -4.64. The maximum absolute atomic E-state index is 11.1. The Hall–Kier alpha value is -1.93. The van der Waals surface area contributed by atoms with Crippen LogP contribution in [0.3, 0.4) is 0 Å². The molecule has 0 aromatic heterocycles. The van der Waals surface area contributed by atoms with Gasteiger partial charge in [0.25, 0.3) is 0 Å². The molecule has 1 aromatic carbocycles. The number of fused-ring (bicyclic) bond motifs is 1. The van der Waals surface area contributed by atoms with Crippen molar-refractivity contribution < 1.29 is 13.2 Å². The number of rotatable bonds is 5. The predicted octanol–water partition coefficient (Wildman–Crippen LogP) is 3.83. The fraction of sp³-hybridized carbons (Fsp3) is 0.579. The van der Waals surface area contributed by atoms with Crippen molar-refractivity contribution in [2.45, 2.75) is 51.7 Å². The molecular formula is C19H30F3N5. The number of nitrogens with one attached hydrogen (secondary N) is 2. The van der Waals surface area contributed by atoms with Crippen LogP contribution in [0.5, 0.6) is 0 Å². The summed E-state index contributed by atoms with van der Waals surface area (Å²) in [5.41, 5.74) is 9.74. The quantitative estimate of drug-likeness (QED) is 0.312. The minimum absolute atomic E-state index is 0.501. The van der Waals surface area contributed by atoms with E-state index in [1.165, 1.54) is 36.8 Å². The fourth-order valence-electron chi connectivity index (χ4n) is 3.31. The van der Waals surface area contributed by atoms with E-state index in [2.05, 4.69) is 54.0 Å². The normalized spacial score (nSPS) is 16.6. The van der Waals surface area contributed by atoms with Crippen LogP contribution in [0.4, 0.5) is 18.9 Å². The van der Waals surface area contributed by atoms with Crippen molar-refractivity contribution in [3.8, 4) is 0 Å². The number of alkyl halides is 3. The van der Waals surface area contributed by atoms with Gasteiger partial charge in [-0.3, -0.25) is 5.41 Å². The molecule has 0 spiro atoms. The highest BCUT2D eigenvalue weighted by Gasteiger charge is 2.33. The summed E-state index contributed by atoms with van der Waals surface area (Å²) in [6, 6.07) is 7.46. The Kier molecular flexibility index (Phi) is 9.45. The number of amidine groups is 1. The van der Waals surface area contributed by atoms with E-state index in [-0.39, 0.29) is 0 Å². The van der Waals surface area contributed by atoms with Crippen LogP contribution in [0, 0.1) is 5.41 Å². The summed E-state index contributed by atoms with van der Waals surface area (Å²) in [5, 5.41) is 9.24. The molecule has 4 N–H and O–H groups in total. The van der Waals surface area contributed by atoms with E-state index in [0.717, 1.165) is 24.8 Å². The first-order valence-electron chi connectivity index (χ1n) is 9.19. The van der Waals surface area contributed by atoms with E-state index < -0.39 is 12.0 Å². The van der Waals surface area contributed by atoms with E-state index in [1.54, 1.807) is 0 Å². The highest BCUT2D eigenvalue weighted by molar-refractivity contribution is 5.88. The first-order chi connectivity index (χ1) is 12.8. The lowest BCUT2D eigenvalue weighted by molar-refractivity contribution is -0.0603. The highest BCUT2D eigenvalue weighted by atomic mass is 19.4. The van der Waals surface area contributed by atoms with Crippen LogP contribution in [0.25, 0.3) is 0 Å². The van der Waals surface area contributed by atoms with Gasteiger partial charge in [-0.2, -0.15) is 13.2 Å². The monoisotopic (exact) mass is 385 g/mol. The summed E-state index contributed by atoms with van der Waals surface area (Å²) in [6.45, 7) is 9.90. The van der Waals surface area contributed by atoms with Crippen molar-refractivity contribution in [2.24, 2.45) is 10.7 Å². The molecule has 0 fully saturated rings. The Morgan fingerprint density at radius 3 is 2.30 bits per heavy atom. The van der Waals surface area contributed by atoms with Gasteiger partial charge in [-0.05, 0) is 68.7 Å². The average Bonchev–Trinajstić information content (AvgIpc) is 2.85. The van der Waals surface area contributed by atoms with Gasteiger partial charge < -0.3 is 16.0 Å². The number of nitrogens with two attached hydrogens (primary N) is 1. The zero-order valence-electron chi connectivity index (χ0n) is 16.1. The fourth-order valence-corrected chi connectivity index (χ4v) is 3.31. The molecule has 1 aromatic rings. The lowest BCUT2D eigenvalue weighted by atomic mass is 10.0. The predicted molar refractivity (Wildman–Crippen MR) is 106 cm³/mol. The molecule has 0 amide bonds. The topological polar surface area (TPSA) is 77.5 Å². The van der Waals surface area contributed by atoms with E-state index in [9.17, 15) is 13.2 Å². The molecular weight excluding hydrogens is 355 g/mol. The molecule has 0 heterocycles. The van der Waals surface area contributed by atoms with Gasteiger partial charge in [0.1, 0.15) is 0 Å². The summed E-state index contributed by atoms with van der Waals surface area (Å²) in [6.07, 6.45) is 0.330. The number of nitrogens with zero attached hydrogens (tertiary/aromatic N) is 2. The molecule has 0 aliphatic heterocycles. The van der Waals surface area contributed by atoms with Crippen molar-refractivity contribution in [3.05, 3.63) is 29.3 Å². The summed E-state index contributed by atoms with van der Waals surface area (Å²) in [7, 11) is 0. The Morgan fingerprint density at radius 2 is 1.85 bits per heavy atom. The van der Waals surface area contributed by atoms with Crippen molar-refractivity contribution in [3.63, 3.8) is 0 Å². The Balaban J connectivity index is 0.000000387. The van der Waals surface area contributed by atoms with Crippen LogP contribution in [0.1, 0.15) is 37.8 Å². The van der Waals surface area contributed by atoms with Crippen LogP contribution in [0.15, 0.2) is 23.2 Å². The molecule has 1 aliphatic rings. The Bertz CT molecular complexity index is 612. The molecule has 1 unspecified atom stereocenters. The smallest absolute Gasteiger partial charge is 0.373 e. The molecule has 0 radical (unpaired) electrons. The second-order valence-electron chi connectivity index (χ2n) is 6.32. The number of aryl methyl sites for hydroxylation is 2. The summed E-state index contributed by atoms with van der Waals surface area (Å²) in [5.74, 6) is -1.66. The summed E-state index contributed by atoms with van der Waals surface area (Å²) < 4.78 is 33.3. The molecule has 8 heteroatoms. The van der Waals surface area contributed by atoms with Crippen molar-refractivity contribution in [2.75, 3.05) is 25.1 Å². The number of benzene rings is 1. The molecule has 0 saturated heterocycles. The van der Waals surface area contributed by atoms with E-state index in [0.29, 0.717) is 6.67 Å². The van der Waals surface area contributed by atoms with Crippen LogP contribution in [-0.2, 0) is 12.8 Å². The van der Waals surface area contributed by atoms with Crippen molar-refractivity contribution >= 4 is 18.2 Å². The summed E-state index contributed by atoms with van der Waals surface area (Å²) in [4.78, 5) is 4.97. The Morgan fingerprint density at radius 1 is 1.26 bits per heavy atom. The van der Waals surface area contributed by atoms with Crippen LogP contribution in [-0.4, -0.2) is 49.4 Å². The maximum atomic E-state index is 11.1. The molecule has 0 bridgehead atoms. The van der Waals surface area contributed by atoms with E-state index >= 15 is 0 Å². The second kappa shape index (κ2) is 11.0. The van der Waals surface area contributed by atoms with Crippen LogP contribution >= 0.6 is 0 Å². The van der Waals surface area contributed by atoms with Gasteiger partial charge in [0, 0.05) is 11.7 Å². The molecule has 5 nitrogen and oxygen atoms in total. The third kappa shape index (κ3) is 7.30. The molecule has 1 aliphatic carbocycles. The van der Waals surface area contributed by atoms with Gasteiger partial charge in [-0.1, -0.05) is 19.9 Å². The zero-order chi connectivity index (χ0) is 20.4. The molecule has 27 heavy (non-hydrogen) atoms. The van der Waals surface area contributed by atoms with E-state index in [4.69, 9.17) is 11.1 Å². The lowest BCUT2D eigenvalue weighted by Crippen LogP contribution is -2.35. The van der Waals surface area contributed by atoms with Gasteiger partial charge in [0.15, 0.2) is 0 Å². The van der Waals surface area contributed by atoms with Crippen molar-refractivity contribution in [1.82, 2.24) is 4.90 Å². The molecule has 0 saturated carbocycles. The van der Waals surface area contributed by atoms with Gasteiger partial charge in [-0.25, -0.2) is 4.99 Å². The van der Waals surface area contributed by atoms with E-state index in [1.807, 2.05) is 0 Å². The van der Waals surface area contributed by atoms with Crippen LogP contribution in [0.2, 0.25) is 0 Å². The Labute approximate surface area is 159 Å². The zero-order valence-corrected chi connectivity index (χ0v) is 16.1. The van der Waals surface area contributed by atoms with Gasteiger partial charge in [0.05, 0.1) is 6.67 Å². The molecule has 152 valence electrons. The lowest BCUT2D eigenvalue weighted by Gasteiger charge is -2.28. The summed E-state index contributed by atoms with van der Waals surface area (Å²) >= 11 is 0. The third-order valence-electron chi connectivity index (χ3n) is 4.76. The number of halogens is 3. The first-order valence-corrected chi connectivity index (χ1v) is 9.19. The number of hydrogen-bond acceptors (Lipinski definition) is 4. The number of anilines is 1. The second-order valence-corrected chi connectivity index (χ2v) is 6.32. The highest BCUT2D eigenvalue weighted by Crippen LogP contribution is 2.26. The van der Waals surface area contributed by atoms with Gasteiger partial charge in [-0.15, -0.1) is 0 Å². The number of aliphatic imine (C=N–C) groups is 1. The van der Waals surface area contributed by atoms with Crippen LogP contribution < -0.4 is 11.1 Å². The minimum Gasteiger partial charge on any atom is -0.373 e. The maximum Gasteiger partial charge on any atom is 0.450 e. The van der Waals surface area contributed by atoms with Gasteiger partial charge in [0.2, 0.25) is 5.84 Å². The van der Waals surface area contributed by atoms with Gasteiger partial charge >= 0.3 is 6.18 Å². The molecule has 2 rings (SSSR count). The average molecular weight is 385 g/mol.